The van der Waals surface area contributed by atoms with Gasteiger partial charge in [-0.2, -0.15) is 0 Å². The van der Waals surface area contributed by atoms with Crippen LogP contribution >= 0.6 is 0 Å². The Kier molecular flexibility index (Phi) is 5.83. The Labute approximate surface area is 145 Å². The van der Waals surface area contributed by atoms with Crippen LogP contribution in [0.4, 0.5) is 17.3 Å². The van der Waals surface area contributed by atoms with Crippen LogP contribution in [0, 0.1) is 17.0 Å². The summed E-state index contributed by atoms with van der Waals surface area (Å²) in [6.45, 7) is 2.69. The number of rotatable bonds is 7. The van der Waals surface area contributed by atoms with Crippen molar-refractivity contribution in [1.29, 1.82) is 0 Å². The Hall–Kier alpha value is -3.23. The zero-order valence-corrected chi connectivity index (χ0v) is 14.3. The van der Waals surface area contributed by atoms with Crippen LogP contribution in [0.15, 0.2) is 30.3 Å². The van der Waals surface area contributed by atoms with E-state index in [1.54, 1.807) is 0 Å². The molecule has 0 atom stereocenters. The zero-order valence-electron chi connectivity index (χ0n) is 14.3. The number of nitro groups is 1. The topological polar surface area (TPSA) is 113 Å². The second-order valence-electron chi connectivity index (χ2n) is 5.54. The average molecular weight is 344 g/mol. The fourth-order valence-corrected chi connectivity index (χ4v) is 2.07. The molecule has 1 aromatic heterocycles. The van der Waals surface area contributed by atoms with E-state index >= 15 is 0 Å². The number of nitrogens with one attached hydrogen (secondary N) is 2. The summed E-state index contributed by atoms with van der Waals surface area (Å²) in [6, 6.07) is 7.29. The van der Waals surface area contributed by atoms with Gasteiger partial charge < -0.3 is 15.5 Å². The Morgan fingerprint density at radius 3 is 2.48 bits per heavy atom. The van der Waals surface area contributed by atoms with Crippen LogP contribution < -0.4 is 15.5 Å². The summed E-state index contributed by atoms with van der Waals surface area (Å²) in [5.74, 6) is 1.85. The van der Waals surface area contributed by atoms with Gasteiger partial charge in [0.25, 0.3) is 11.6 Å². The van der Waals surface area contributed by atoms with Crippen LogP contribution in [-0.4, -0.2) is 48.0 Å². The maximum atomic E-state index is 12.0. The minimum atomic E-state index is -0.503. The molecule has 132 valence electrons. The highest BCUT2D eigenvalue weighted by Gasteiger charge is 2.09. The van der Waals surface area contributed by atoms with Crippen molar-refractivity contribution < 1.29 is 9.72 Å². The second-order valence-corrected chi connectivity index (χ2v) is 5.54. The van der Waals surface area contributed by atoms with Crippen molar-refractivity contribution in [1.82, 2.24) is 15.3 Å². The number of non-ortho nitro benzene ring substituents is 1. The number of hydrogen-bond acceptors (Lipinski definition) is 7. The summed E-state index contributed by atoms with van der Waals surface area (Å²) in [7, 11) is 3.80. The van der Waals surface area contributed by atoms with Crippen LogP contribution in [0.2, 0.25) is 0 Å². The van der Waals surface area contributed by atoms with Crippen molar-refractivity contribution in [3.05, 3.63) is 51.8 Å². The number of carbonyl (C=O) groups is 1. The van der Waals surface area contributed by atoms with Gasteiger partial charge in [0.1, 0.15) is 17.5 Å². The molecule has 2 rings (SSSR count). The standard InChI is InChI=1S/C16H20N6O3/c1-11-19-14(10-15(20-11)21(2)3)17-8-9-18-16(23)12-4-6-13(7-5-12)22(24)25/h4-7,10H,8-9H2,1-3H3,(H,18,23)(H,17,19,20). The first kappa shape index (κ1) is 18.1. The van der Waals surface area contributed by atoms with Crippen LogP contribution in [0.1, 0.15) is 16.2 Å². The summed E-state index contributed by atoms with van der Waals surface area (Å²) in [5, 5.41) is 16.5. The fraction of sp³-hybridized carbons (Fsp3) is 0.312. The Morgan fingerprint density at radius 2 is 1.88 bits per heavy atom. The number of aryl methyl sites for hydroxylation is 1. The minimum Gasteiger partial charge on any atom is -0.368 e. The number of hydrogen-bond donors (Lipinski definition) is 2. The van der Waals surface area contributed by atoms with Gasteiger partial charge in [-0.05, 0) is 19.1 Å². The third kappa shape index (κ3) is 5.13. The normalized spacial score (nSPS) is 10.2. The molecule has 9 heteroatoms. The summed E-state index contributed by atoms with van der Waals surface area (Å²) < 4.78 is 0. The highest BCUT2D eigenvalue weighted by atomic mass is 16.6. The molecule has 2 N–H and O–H groups in total. The van der Waals surface area contributed by atoms with Crippen LogP contribution in [-0.2, 0) is 0 Å². The number of aromatic nitrogens is 2. The van der Waals surface area contributed by atoms with Crippen LogP contribution in [0.5, 0.6) is 0 Å². The number of benzene rings is 1. The molecule has 0 unspecified atom stereocenters. The van der Waals surface area contributed by atoms with Crippen molar-refractivity contribution in [2.45, 2.75) is 6.92 Å². The Balaban J connectivity index is 1.84. The van der Waals surface area contributed by atoms with Gasteiger partial charge in [-0.3, -0.25) is 14.9 Å². The smallest absolute Gasteiger partial charge is 0.269 e. The summed E-state index contributed by atoms with van der Waals surface area (Å²) in [4.78, 5) is 32.6. The third-order valence-corrected chi connectivity index (χ3v) is 3.34. The molecule has 1 aromatic carbocycles. The first-order valence-corrected chi connectivity index (χ1v) is 7.66. The van der Waals surface area contributed by atoms with Gasteiger partial charge in [0.2, 0.25) is 0 Å². The second kappa shape index (κ2) is 8.04. The Bertz CT molecular complexity index is 761. The lowest BCUT2D eigenvalue weighted by molar-refractivity contribution is -0.384. The van der Waals surface area contributed by atoms with E-state index in [1.165, 1.54) is 24.3 Å². The molecule has 0 saturated heterocycles. The molecule has 25 heavy (non-hydrogen) atoms. The van der Waals surface area contributed by atoms with Gasteiger partial charge in [-0.25, -0.2) is 9.97 Å². The molecule has 0 fully saturated rings. The molecule has 0 radical (unpaired) electrons. The summed E-state index contributed by atoms with van der Waals surface area (Å²) in [5.41, 5.74) is 0.326. The summed E-state index contributed by atoms with van der Waals surface area (Å²) in [6.07, 6.45) is 0. The molecule has 0 aliphatic rings. The van der Waals surface area contributed by atoms with Crippen molar-refractivity contribution in [3.8, 4) is 0 Å². The van der Waals surface area contributed by atoms with Gasteiger partial charge in [0, 0.05) is 50.9 Å². The zero-order chi connectivity index (χ0) is 18.4. The van der Waals surface area contributed by atoms with E-state index in [1.807, 2.05) is 32.0 Å². The highest BCUT2D eigenvalue weighted by Crippen LogP contribution is 2.13. The van der Waals surface area contributed by atoms with Gasteiger partial charge in [-0.1, -0.05) is 0 Å². The third-order valence-electron chi connectivity index (χ3n) is 3.34. The van der Waals surface area contributed by atoms with E-state index in [-0.39, 0.29) is 11.6 Å². The number of anilines is 2. The molecule has 2 aromatic rings. The van der Waals surface area contributed by atoms with Gasteiger partial charge >= 0.3 is 0 Å². The van der Waals surface area contributed by atoms with Crippen molar-refractivity contribution >= 4 is 23.2 Å². The maximum absolute atomic E-state index is 12.0. The van der Waals surface area contributed by atoms with Crippen LogP contribution in [0.25, 0.3) is 0 Å². The van der Waals surface area contributed by atoms with Gasteiger partial charge in [0.15, 0.2) is 0 Å². The van der Waals surface area contributed by atoms with E-state index < -0.39 is 4.92 Å². The number of carbonyl (C=O) groups excluding carboxylic acids is 1. The largest absolute Gasteiger partial charge is 0.368 e. The highest BCUT2D eigenvalue weighted by molar-refractivity contribution is 5.94. The van der Waals surface area contributed by atoms with Crippen molar-refractivity contribution in [3.63, 3.8) is 0 Å². The summed E-state index contributed by atoms with van der Waals surface area (Å²) >= 11 is 0. The van der Waals surface area contributed by atoms with Gasteiger partial charge in [-0.15, -0.1) is 0 Å². The molecule has 0 spiro atoms. The van der Waals surface area contributed by atoms with Crippen molar-refractivity contribution in [2.24, 2.45) is 0 Å². The van der Waals surface area contributed by atoms with E-state index in [0.717, 1.165) is 5.82 Å². The Morgan fingerprint density at radius 1 is 1.20 bits per heavy atom. The molecule has 1 heterocycles. The average Bonchev–Trinajstić information content (AvgIpc) is 2.58. The molecular weight excluding hydrogens is 324 g/mol. The van der Waals surface area contributed by atoms with Gasteiger partial charge in [0.05, 0.1) is 4.92 Å². The lowest BCUT2D eigenvalue weighted by atomic mass is 10.2. The quantitative estimate of drug-likeness (QED) is 0.445. The molecule has 1 amide bonds. The minimum absolute atomic E-state index is 0.0472. The number of amides is 1. The first-order chi connectivity index (χ1) is 11.9. The molecule has 9 nitrogen and oxygen atoms in total. The fourth-order valence-electron chi connectivity index (χ4n) is 2.07. The van der Waals surface area contributed by atoms with Crippen LogP contribution in [0.3, 0.4) is 0 Å². The van der Waals surface area contributed by atoms with E-state index in [9.17, 15) is 14.9 Å². The molecule has 0 bridgehead atoms. The van der Waals surface area contributed by atoms with E-state index in [0.29, 0.717) is 30.3 Å². The lowest BCUT2D eigenvalue weighted by Crippen LogP contribution is -2.29. The predicted octanol–water partition coefficient (Wildman–Crippen LogP) is 1.60. The SMILES string of the molecule is Cc1nc(NCCNC(=O)c2ccc([N+](=O)[O-])cc2)cc(N(C)C)n1. The lowest BCUT2D eigenvalue weighted by Gasteiger charge is -2.14. The first-order valence-electron chi connectivity index (χ1n) is 7.66. The number of nitrogens with zero attached hydrogens (tertiary/aromatic N) is 4. The van der Waals surface area contributed by atoms with E-state index in [4.69, 9.17) is 0 Å². The molecular formula is C16H20N6O3. The predicted molar refractivity (Wildman–Crippen MR) is 95.0 cm³/mol. The number of nitro benzene ring substituents is 1. The van der Waals surface area contributed by atoms with E-state index in [2.05, 4.69) is 20.6 Å². The van der Waals surface area contributed by atoms with Crippen molar-refractivity contribution in [2.75, 3.05) is 37.4 Å². The maximum Gasteiger partial charge on any atom is 0.269 e. The monoisotopic (exact) mass is 344 g/mol. The molecule has 0 aliphatic carbocycles. The molecule has 0 aliphatic heterocycles. The molecule has 0 saturated carbocycles.